The fourth-order valence-electron chi connectivity index (χ4n) is 0.563. The van der Waals surface area contributed by atoms with Gasteiger partial charge < -0.3 is 17.2 Å². The van der Waals surface area contributed by atoms with Crippen molar-refractivity contribution in [2.24, 2.45) is 0 Å². The molecule has 3 nitrogen and oxygen atoms in total. The molecule has 0 saturated heterocycles. The molecule has 0 amide bonds. The molecule has 0 aliphatic heterocycles. The SMILES string of the molecule is CCC[NH-].CCC[NH-].CCC[NH-].F[Si](F)(F)[c-]1cccc1.[Hf+4]. The zero-order valence-corrected chi connectivity index (χ0v) is 18.3. The normalized spacial score (nSPS) is 8.95. The molecule has 0 atom stereocenters. The molecule has 1 rings (SSSR count). The molecule has 0 saturated carbocycles. The van der Waals surface area contributed by atoms with E-state index in [9.17, 15) is 12.3 Å². The third-order valence-corrected chi connectivity index (χ3v) is 2.73. The minimum absolute atomic E-state index is 0. The Bertz CT molecular complexity index is 255. The van der Waals surface area contributed by atoms with Gasteiger partial charge in [-0.1, -0.05) is 45.2 Å². The number of nitrogens with one attached hydrogen (secondary N) is 3. The summed E-state index contributed by atoms with van der Waals surface area (Å²) in [4.78, 5) is 0. The minimum Gasteiger partial charge on any atom is -0.677 e. The zero-order valence-electron chi connectivity index (χ0n) is 13.7. The fourth-order valence-corrected chi connectivity index (χ4v) is 1.13. The first kappa shape index (κ1) is 30.0. The molecule has 1 aromatic carbocycles. The Morgan fingerprint density at radius 2 is 1.00 bits per heavy atom. The van der Waals surface area contributed by atoms with E-state index in [0.29, 0.717) is 19.6 Å². The van der Waals surface area contributed by atoms with Crippen molar-refractivity contribution < 1.29 is 38.2 Å². The Morgan fingerprint density at radius 3 is 1.09 bits per heavy atom. The summed E-state index contributed by atoms with van der Waals surface area (Å²) in [6.07, 6.45) is 2.96. The molecule has 0 unspecified atom stereocenters. The summed E-state index contributed by atoms with van der Waals surface area (Å²) in [7, 11) is -5.48. The number of hydrogen-bond acceptors (Lipinski definition) is 0. The Hall–Kier alpha value is 0.107. The van der Waals surface area contributed by atoms with Crippen LogP contribution in [0.2, 0.25) is 0 Å². The van der Waals surface area contributed by atoms with Crippen LogP contribution in [-0.2, 0) is 25.8 Å². The Morgan fingerprint density at radius 1 is 0.773 bits per heavy atom. The maximum atomic E-state index is 11.8. The van der Waals surface area contributed by atoms with E-state index in [4.69, 9.17) is 17.2 Å². The average Bonchev–Trinajstić information content (AvgIpc) is 3.02. The van der Waals surface area contributed by atoms with Gasteiger partial charge in [-0.25, -0.2) is 24.5 Å². The third kappa shape index (κ3) is 28.3. The molecule has 0 heterocycles. The molecule has 0 bridgehead atoms. The Kier molecular flexibility index (Phi) is 31.9. The van der Waals surface area contributed by atoms with Gasteiger partial charge in [0.05, 0.1) is 0 Å². The Labute approximate surface area is 153 Å². The summed E-state index contributed by atoms with van der Waals surface area (Å²) in [5, 5.41) is -0.442. The van der Waals surface area contributed by atoms with Gasteiger partial charge in [-0.2, -0.15) is 31.8 Å². The van der Waals surface area contributed by atoms with E-state index in [-0.39, 0.29) is 25.8 Å². The number of halogens is 3. The molecule has 0 aliphatic carbocycles. The molecule has 0 spiro atoms. The van der Waals surface area contributed by atoms with E-state index in [1.165, 1.54) is 12.1 Å². The predicted molar refractivity (Wildman–Crippen MR) is 89.2 cm³/mol. The first-order chi connectivity index (χ1) is 9.85. The van der Waals surface area contributed by atoms with Gasteiger partial charge in [-0.3, -0.25) is 0 Å². The maximum absolute atomic E-state index is 11.8. The van der Waals surface area contributed by atoms with Crippen LogP contribution in [0.4, 0.5) is 12.3 Å². The van der Waals surface area contributed by atoms with Crippen molar-refractivity contribution in [3.63, 3.8) is 0 Å². The van der Waals surface area contributed by atoms with Crippen LogP contribution < -0.4 is 5.19 Å². The number of rotatable bonds is 4. The van der Waals surface area contributed by atoms with E-state index >= 15 is 0 Å². The van der Waals surface area contributed by atoms with Crippen LogP contribution in [0.15, 0.2) is 24.3 Å². The molecule has 0 fully saturated rings. The van der Waals surface area contributed by atoms with Crippen molar-refractivity contribution in [1.82, 2.24) is 0 Å². The molecule has 0 aliphatic rings. The summed E-state index contributed by atoms with van der Waals surface area (Å²) < 4.78 is 35.3. The topological polar surface area (TPSA) is 71.4 Å². The summed E-state index contributed by atoms with van der Waals surface area (Å²) in [5.74, 6) is 0. The van der Waals surface area contributed by atoms with Crippen molar-refractivity contribution in [3.05, 3.63) is 41.5 Å². The molecular formula is C14H28F3HfN3Si. The Balaban J connectivity index is -0.000000107. The van der Waals surface area contributed by atoms with Crippen molar-refractivity contribution in [2.75, 3.05) is 19.6 Å². The van der Waals surface area contributed by atoms with Crippen molar-refractivity contribution in [2.45, 2.75) is 40.0 Å². The summed E-state index contributed by atoms with van der Waals surface area (Å²) in [5.41, 5.74) is 19.4. The van der Waals surface area contributed by atoms with Crippen LogP contribution in [0.25, 0.3) is 17.2 Å². The molecule has 22 heavy (non-hydrogen) atoms. The third-order valence-electron chi connectivity index (χ3n) is 1.74. The van der Waals surface area contributed by atoms with Gasteiger partial charge in [-0.15, -0.1) is 0 Å². The van der Waals surface area contributed by atoms with E-state index in [2.05, 4.69) is 0 Å². The van der Waals surface area contributed by atoms with E-state index in [0.717, 1.165) is 31.4 Å². The van der Waals surface area contributed by atoms with Crippen molar-refractivity contribution >= 4 is 14.3 Å². The molecular weight excluding hydrogens is 474 g/mol. The van der Waals surface area contributed by atoms with Crippen molar-refractivity contribution in [1.29, 1.82) is 0 Å². The largest absolute Gasteiger partial charge is 4.00 e. The second kappa shape index (κ2) is 23.4. The molecule has 3 N–H and O–H groups in total. The summed E-state index contributed by atoms with van der Waals surface area (Å²) in [6, 6.07) is 5.00. The zero-order chi connectivity index (χ0) is 17.1. The van der Waals surface area contributed by atoms with Gasteiger partial charge in [0.25, 0.3) is 0 Å². The monoisotopic (exact) mass is 503 g/mol. The van der Waals surface area contributed by atoms with Crippen LogP contribution in [0.3, 0.4) is 0 Å². The second-order valence-electron chi connectivity index (χ2n) is 3.92. The predicted octanol–water partition coefficient (Wildman–Crippen LogP) is 5.80. The van der Waals surface area contributed by atoms with Gasteiger partial charge in [0.1, 0.15) is 0 Å². The van der Waals surface area contributed by atoms with Gasteiger partial charge in [0.15, 0.2) is 0 Å². The maximum Gasteiger partial charge on any atom is 4.00 e. The second-order valence-corrected chi connectivity index (χ2v) is 5.49. The van der Waals surface area contributed by atoms with Crippen LogP contribution in [0.1, 0.15) is 40.0 Å². The van der Waals surface area contributed by atoms with Crippen molar-refractivity contribution in [3.8, 4) is 0 Å². The quantitative estimate of drug-likeness (QED) is 0.284. The summed E-state index contributed by atoms with van der Waals surface area (Å²) >= 11 is 0. The number of hydrogen-bond donors (Lipinski definition) is 0. The van der Waals surface area contributed by atoms with Gasteiger partial charge >= 0.3 is 34.9 Å². The minimum atomic E-state index is -5.48. The average molecular weight is 502 g/mol. The molecule has 0 aromatic heterocycles. The molecule has 8 heteroatoms. The summed E-state index contributed by atoms with van der Waals surface area (Å²) in [6.45, 7) is 7.69. The van der Waals surface area contributed by atoms with E-state index < -0.39 is 14.3 Å². The van der Waals surface area contributed by atoms with Crippen LogP contribution in [0, 0.1) is 0 Å². The van der Waals surface area contributed by atoms with E-state index in [1.54, 1.807) is 0 Å². The first-order valence-corrected chi connectivity index (χ1v) is 8.71. The molecule has 1 aromatic rings. The van der Waals surface area contributed by atoms with Crippen LogP contribution >= 0.6 is 0 Å². The smallest absolute Gasteiger partial charge is 0.677 e. The van der Waals surface area contributed by atoms with Gasteiger partial charge in [0.2, 0.25) is 0 Å². The van der Waals surface area contributed by atoms with Crippen LogP contribution in [-0.4, -0.2) is 28.7 Å². The van der Waals surface area contributed by atoms with Gasteiger partial charge in [0, 0.05) is 0 Å². The van der Waals surface area contributed by atoms with Gasteiger partial charge in [-0.05, 0) is 0 Å². The first-order valence-electron chi connectivity index (χ1n) is 7.08. The molecule has 128 valence electrons. The fraction of sp³-hybridized carbons (Fsp3) is 0.643. The van der Waals surface area contributed by atoms with Crippen LogP contribution in [0.5, 0.6) is 0 Å². The molecule has 0 radical (unpaired) electrons. The van der Waals surface area contributed by atoms with E-state index in [1.807, 2.05) is 20.8 Å². The standard InChI is InChI=1S/C5H4F3Si.3C3H8N.Hf/c6-9(7,8)5-3-1-2-4-5;3*1-2-3-4;/h1-4H;3*4H,2-3H2,1H3;/q4*-1;+4.